The third kappa shape index (κ3) is 3.01. The lowest BCUT2D eigenvalue weighted by Gasteiger charge is -2.01. The van der Waals surface area contributed by atoms with Crippen LogP contribution in [0.1, 0.15) is 42.6 Å². The maximum absolute atomic E-state index is 11.5. The monoisotopic (exact) mass is 204 g/mol. The normalized spacial score (nSPS) is 10.0. The zero-order valence-electron chi connectivity index (χ0n) is 9.25. The minimum atomic E-state index is -0.374. The van der Waals surface area contributed by atoms with Crippen molar-refractivity contribution in [2.24, 2.45) is 0 Å². The Hall–Kier alpha value is -1.44. The maximum Gasteiger partial charge on any atom is 0.228 e. The number of hydrogen-bond donors (Lipinski definition) is 0. The van der Waals surface area contributed by atoms with Crippen LogP contribution in [0.2, 0.25) is 0 Å². The molecular weight excluding hydrogens is 188 g/mol. The van der Waals surface area contributed by atoms with Crippen molar-refractivity contribution in [3.8, 4) is 0 Å². The molecule has 2 heteroatoms. The quantitative estimate of drug-likeness (QED) is 0.546. The first-order chi connectivity index (χ1) is 7.19. The summed E-state index contributed by atoms with van der Waals surface area (Å²) in [7, 11) is 0. The largest absolute Gasteiger partial charge is 0.290 e. The second-order valence-corrected chi connectivity index (χ2v) is 3.55. The number of ketones is 2. The van der Waals surface area contributed by atoms with Crippen molar-refractivity contribution < 1.29 is 9.59 Å². The second kappa shape index (κ2) is 5.44. The van der Waals surface area contributed by atoms with Crippen LogP contribution in [0, 0.1) is 0 Å². The summed E-state index contributed by atoms with van der Waals surface area (Å²) in [6, 6.07) is 7.31. The van der Waals surface area contributed by atoms with E-state index < -0.39 is 0 Å². The Balaban J connectivity index is 2.80. The summed E-state index contributed by atoms with van der Waals surface area (Å²) in [6.07, 6.45) is 2.37. The minimum absolute atomic E-state index is 0.273. The Bertz CT molecular complexity index is 349. The van der Waals surface area contributed by atoms with Gasteiger partial charge < -0.3 is 0 Å². The van der Waals surface area contributed by atoms with E-state index in [1.807, 2.05) is 12.1 Å². The third-order valence-electron chi connectivity index (χ3n) is 2.33. The van der Waals surface area contributed by atoms with Crippen molar-refractivity contribution in [2.45, 2.75) is 33.1 Å². The lowest BCUT2D eigenvalue weighted by atomic mass is 10.0. The first-order valence-corrected chi connectivity index (χ1v) is 5.35. The first kappa shape index (κ1) is 11.6. The van der Waals surface area contributed by atoms with E-state index in [2.05, 4.69) is 6.92 Å². The van der Waals surface area contributed by atoms with Gasteiger partial charge in [0.25, 0.3) is 0 Å². The van der Waals surface area contributed by atoms with Crippen molar-refractivity contribution in [3.63, 3.8) is 0 Å². The van der Waals surface area contributed by atoms with Crippen LogP contribution < -0.4 is 0 Å². The predicted octanol–water partition coefficient (Wildman–Crippen LogP) is 2.80. The van der Waals surface area contributed by atoms with E-state index in [1.54, 1.807) is 19.1 Å². The fraction of sp³-hybridized carbons (Fsp3) is 0.385. The molecule has 80 valence electrons. The van der Waals surface area contributed by atoms with Crippen LogP contribution >= 0.6 is 0 Å². The van der Waals surface area contributed by atoms with Crippen molar-refractivity contribution >= 4 is 11.6 Å². The van der Waals surface area contributed by atoms with Crippen LogP contribution in [0.4, 0.5) is 0 Å². The highest BCUT2D eigenvalue weighted by Crippen LogP contribution is 2.08. The van der Waals surface area contributed by atoms with Gasteiger partial charge in [0, 0.05) is 12.0 Å². The average molecular weight is 204 g/mol. The molecular formula is C13H16O2. The van der Waals surface area contributed by atoms with Crippen LogP contribution in [0.5, 0.6) is 0 Å². The van der Waals surface area contributed by atoms with Crippen LogP contribution in [-0.4, -0.2) is 11.6 Å². The fourth-order valence-electron chi connectivity index (χ4n) is 1.43. The Morgan fingerprint density at radius 1 is 1.07 bits per heavy atom. The van der Waals surface area contributed by atoms with Crippen molar-refractivity contribution in [2.75, 3.05) is 0 Å². The Kier molecular flexibility index (Phi) is 4.22. The highest BCUT2D eigenvalue weighted by molar-refractivity contribution is 6.43. The van der Waals surface area contributed by atoms with Crippen LogP contribution in [0.3, 0.4) is 0 Å². The number of carbonyl (C=O) groups is 2. The molecule has 0 aliphatic rings. The highest BCUT2D eigenvalue weighted by atomic mass is 16.2. The Morgan fingerprint density at radius 3 is 2.13 bits per heavy atom. The minimum Gasteiger partial charge on any atom is -0.290 e. The fourth-order valence-corrected chi connectivity index (χ4v) is 1.43. The summed E-state index contributed by atoms with van der Waals surface area (Å²) in [6.45, 7) is 3.81. The SMILES string of the molecule is CCCc1ccc(C(=O)C(=O)CC)cc1. The molecule has 1 rings (SSSR count). The standard InChI is InChI=1S/C13H16O2/c1-3-5-10-6-8-11(9-7-10)13(15)12(14)4-2/h6-9H,3-5H2,1-2H3. The molecule has 0 spiro atoms. The van der Waals surface area contributed by atoms with Gasteiger partial charge in [-0.25, -0.2) is 0 Å². The molecule has 0 atom stereocenters. The lowest BCUT2D eigenvalue weighted by molar-refractivity contribution is -0.114. The lowest BCUT2D eigenvalue weighted by Crippen LogP contribution is -2.12. The van der Waals surface area contributed by atoms with E-state index in [-0.39, 0.29) is 18.0 Å². The number of Topliss-reactive ketones (excluding diaryl/α,β-unsaturated/α-hetero) is 2. The molecule has 0 saturated carbocycles. The van der Waals surface area contributed by atoms with E-state index in [4.69, 9.17) is 0 Å². The molecule has 0 aliphatic heterocycles. The molecule has 0 aromatic heterocycles. The molecule has 1 aromatic rings. The molecule has 15 heavy (non-hydrogen) atoms. The molecule has 2 nitrogen and oxygen atoms in total. The van der Waals surface area contributed by atoms with Crippen LogP contribution in [0.15, 0.2) is 24.3 Å². The molecule has 0 radical (unpaired) electrons. The van der Waals surface area contributed by atoms with Gasteiger partial charge in [0.05, 0.1) is 0 Å². The topological polar surface area (TPSA) is 34.1 Å². The maximum atomic E-state index is 11.5. The molecule has 0 unspecified atom stereocenters. The zero-order chi connectivity index (χ0) is 11.3. The molecule has 0 bridgehead atoms. The number of carbonyl (C=O) groups excluding carboxylic acids is 2. The van der Waals surface area contributed by atoms with Crippen molar-refractivity contribution in [3.05, 3.63) is 35.4 Å². The molecule has 0 saturated heterocycles. The third-order valence-corrected chi connectivity index (χ3v) is 2.33. The van der Waals surface area contributed by atoms with E-state index >= 15 is 0 Å². The summed E-state index contributed by atoms with van der Waals surface area (Å²) in [4.78, 5) is 22.7. The summed E-state index contributed by atoms with van der Waals surface area (Å²) >= 11 is 0. The first-order valence-electron chi connectivity index (χ1n) is 5.35. The number of rotatable bonds is 5. The molecule has 0 fully saturated rings. The average Bonchev–Trinajstić information content (AvgIpc) is 2.28. The van der Waals surface area contributed by atoms with E-state index in [0.29, 0.717) is 5.56 Å². The molecule has 1 aromatic carbocycles. The second-order valence-electron chi connectivity index (χ2n) is 3.55. The van der Waals surface area contributed by atoms with Gasteiger partial charge in [0.2, 0.25) is 11.6 Å². The number of aryl methyl sites for hydroxylation is 1. The molecule has 0 aliphatic carbocycles. The smallest absolute Gasteiger partial charge is 0.228 e. The Labute approximate surface area is 90.3 Å². The summed E-state index contributed by atoms with van der Waals surface area (Å²) in [5.74, 6) is -0.696. The van der Waals surface area contributed by atoms with Crippen molar-refractivity contribution in [1.29, 1.82) is 0 Å². The van der Waals surface area contributed by atoms with Crippen molar-refractivity contribution in [1.82, 2.24) is 0 Å². The number of hydrogen-bond acceptors (Lipinski definition) is 2. The van der Waals surface area contributed by atoms with Gasteiger partial charge in [-0.2, -0.15) is 0 Å². The van der Waals surface area contributed by atoms with Gasteiger partial charge in [-0.15, -0.1) is 0 Å². The summed E-state index contributed by atoms with van der Waals surface area (Å²) in [5, 5.41) is 0. The Morgan fingerprint density at radius 2 is 1.67 bits per heavy atom. The van der Waals surface area contributed by atoms with Gasteiger partial charge in [0.1, 0.15) is 0 Å². The van der Waals surface area contributed by atoms with Gasteiger partial charge in [0.15, 0.2) is 0 Å². The summed E-state index contributed by atoms with van der Waals surface area (Å²) in [5.41, 5.74) is 1.71. The molecule has 0 N–H and O–H groups in total. The van der Waals surface area contributed by atoms with Gasteiger partial charge in [-0.05, 0) is 12.0 Å². The van der Waals surface area contributed by atoms with Crippen LogP contribution in [0.25, 0.3) is 0 Å². The van der Waals surface area contributed by atoms with Gasteiger partial charge >= 0.3 is 0 Å². The predicted molar refractivity (Wildman–Crippen MR) is 60.1 cm³/mol. The molecule has 0 heterocycles. The van der Waals surface area contributed by atoms with Crippen LogP contribution in [-0.2, 0) is 11.2 Å². The van der Waals surface area contributed by atoms with E-state index in [0.717, 1.165) is 12.8 Å². The van der Waals surface area contributed by atoms with Gasteiger partial charge in [-0.3, -0.25) is 9.59 Å². The number of benzene rings is 1. The van der Waals surface area contributed by atoms with E-state index in [1.165, 1.54) is 5.56 Å². The highest BCUT2D eigenvalue weighted by Gasteiger charge is 2.13. The van der Waals surface area contributed by atoms with E-state index in [9.17, 15) is 9.59 Å². The summed E-state index contributed by atoms with van der Waals surface area (Å²) < 4.78 is 0. The molecule has 0 amide bonds. The zero-order valence-corrected chi connectivity index (χ0v) is 9.25. The van der Waals surface area contributed by atoms with Gasteiger partial charge in [-0.1, -0.05) is 44.5 Å².